The Balaban J connectivity index is 2.72. The Morgan fingerprint density at radius 3 is 2.62 bits per heavy atom. The summed E-state index contributed by atoms with van der Waals surface area (Å²) in [6, 6.07) is 0.570. The molecule has 1 fully saturated rings. The average Bonchev–Trinajstić information content (AvgIpc) is 2.13. The zero-order chi connectivity index (χ0) is 12.3. The molecule has 0 N–H and O–H groups in total. The first kappa shape index (κ1) is 14.0. The van der Waals surface area contributed by atoms with E-state index in [2.05, 4.69) is 25.8 Å². The molecule has 1 aliphatic carbocycles. The van der Waals surface area contributed by atoms with E-state index in [-0.39, 0.29) is 5.31 Å². The molecule has 0 amide bonds. The topological polar surface area (TPSA) is 3.24 Å². The van der Waals surface area contributed by atoms with Crippen molar-refractivity contribution in [3.05, 3.63) is 0 Å². The highest BCUT2D eigenvalue weighted by Gasteiger charge is 2.29. The van der Waals surface area contributed by atoms with Gasteiger partial charge in [0.1, 0.15) is 0 Å². The van der Waals surface area contributed by atoms with Crippen molar-refractivity contribution < 1.29 is 0 Å². The fourth-order valence-corrected chi connectivity index (χ4v) is 3.08. The Labute approximate surface area is 107 Å². The zero-order valence-electron chi connectivity index (χ0n) is 11.1. The van der Waals surface area contributed by atoms with E-state index in [4.69, 9.17) is 20.1 Å². The van der Waals surface area contributed by atoms with Gasteiger partial charge < -0.3 is 4.90 Å². The molecule has 0 aromatic heterocycles. The van der Waals surface area contributed by atoms with Crippen LogP contribution in [0.4, 0.5) is 0 Å². The molecular formula is C13H24BNS. The predicted molar refractivity (Wildman–Crippen MR) is 76.2 cm³/mol. The third-order valence-electron chi connectivity index (χ3n) is 3.94. The molecule has 0 aliphatic heterocycles. The lowest BCUT2D eigenvalue weighted by molar-refractivity contribution is 0.207. The molecule has 0 bridgehead atoms. The van der Waals surface area contributed by atoms with Crippen LogP contribution in [0.1, 0.15) is 52.9 Å². The van der Waals surface area contributed by atoms with E-state index in [0.29, 0.717) is 12.0 Å². The van der Waals surface area contributed by atoms with Crippen molar-refractivity contribution in [1.29, 1.82) is 0 Å². The molecule has 90 valence electrons. The highest BCUT2D eigenvalue weighted by molar-refractivity contribution is 7.80. The summed E-state index contributed by atoms with van der Waals surface area (Å²) < 4.78 is 0. The standard InChI is InChI=1S/C13H24BNS/c1-10-9-13(3,14)8-6-5-7-12(10)15(4)11(2)16/h10,12H,5-9H2,1-4H3. The molecule has 0 spiro atoms. The summed E-state index contributed by atoms with van der Waals surface area (Å²) in [5.74, 6) is 0.623. The van der Waals surface area contributed by atoms with Gasteiger partial charge in [-0.05, 0) is 19.3 Å². The van der Waals surface area contributed by atoms with Gasteiger partial charge >= 0.3 is 0 Å². The fraction of sp³-hybridized carbons (Fsp3) is 0.923. The minimum Gasteiger partial charge on any atom is -0.366 e. The van der Waals surface area contributed by atoms with Crippen LogP contribution in [0.15, 0.2) is 0 Å². The first-order valence-electron chi connectivity index (χ1n) is 6.36. The lowest BCUT2D eigenvalue weighted by Crippen LogP contribution is -2.41. The van der Waals surface area contributed by atoms with Crippen LogP contribution in [-0.4, -0.2) is 30.8 Å². The smallest absolute Gasteiger partial charge is 0.0747 e. The van der Waals surface area contributed by atoms with Crippen LogP contribution in [0, 0.1) is 5.92 Å². The van der Waals surface area contributed by atoms with Gasteiger partial charge in [-0.2, -0.15) is 0 Å². The minimum atomic E-state index is 0.00822. The molecule has 1 saturated carbocycles. The van der Waals surface area contributed by atoms with E-state index in [0.717, 1.165) is 17.8 Å². The summed E-state index contributed by atoms with van der Waals surface area (Å²) in [6.45, 7) is 6.52. The second-order valence-corrected chi connectivity index (χ2v) is 6.37. The molecule has 1 aliphatic rings. The molecule has 1 nitrogen and oxygen atoms in total. The van der Waals surface area contributed by atoms with Gasteiger partial charge in [0.2, 0.25) is 0 Å². The van der Waals surface area contributed by atoms with E-state index in [1.807, 2.05) is 6.92 Å². The highest BCUT2D eigenvalue weighted by Crippen LogP contribution is 2.40. The van der Waals surface area contributed by atoms with Crippen LogP contribution in [0.2, 0.25) is 5.31 Å². The summed E-state index contributed by atoms with van der Waals surface area (Å²) in [5, 5.41) is 0.00822. The Kier molecular flexibility index (Phi) is 4.84. The summed E-state index contributed by atoms with van der Waals surface area (Å²) in [4.78, 5) is 3.26. The van der Waals surface area contributed by atoms with Crippen LogP contribution in [0.3, 0.4) is 0 Å². The van der Waals surface area contributed by atoms with E-state index < -0.39 is 0 Å². The van der Waals surface area contributed by atoms with Gasteiger partial charge in [-0.15, -0.1) is 0 Å². The summed E-state index contributed by atoms with van der Waals surface area (Å²) in [6.07, 6.45) is 6.03. The first-order chi connectivity index (χ1) is 7.33. The average molecular weight is 237 g/mol. The molecule has 3 heteroatoms. The van der Waals surface area contributed by atoms with E-state index in [9.17, 15) is 0 Å². The molecule has 0 heterocycles. The zero-order valence-corrected chi connectivity index (χ0v) is 11.9. The van der Waals surface area contributed by atoms with Crippen LogP contribution in [0.5, 0.6) is 0 Å². The molecule has 0 aromatic rings. The number of hydrogen-bond donors (Lipinski definition) is 0. The van der Waals surface area contributed by atoms with E-state index in [1.165, 1.54) is 19.3 Å². The van der Waals surface area contributed by atoms with Crippen LogP contribution in [0.25, 0.3) is 0 Å². The molecular weight excluding hydrogens is 213 g/mol. The van der Waals surface area contributed by atoms with Crippen molar-refractivity contribution in [2.45, 2.75) is 64.2 Å². The Bertz CT molecular complexity index is 252. The molecule has 2 radical (unpaired) electrons. The van der Waals surface area contributed by atoms with Crippen molar-refractivity contribution in [2.75, 3.05) is 7.05 Å². The minimum absolute atomic E-state index is 0.00822. The van der Waals surface area contributed by atoms with Crippen molar-refractivity contribution in [3.8, 4) is 0 Å². The Morgan fingerprint density at radius 1 is 1.44 bits per heavy atom. The summed E-state index contributed by atoms with van der Waals surface area (Å²) in [7, 11) is 8.45. The van der Waals surface area contributed by atoms with Gasteiger partial charge in [0.25, 0.3) is 0 Å². The van der Waals surface area contributed by atoms with Gasteiger partial charge in [-0.3, -0.25) is 0 Å². The fourth-order valence-electron chi connectivity index (χ4n) is 2.95. The Morgan fingerprint density at radius 2 is 2.06 bits per heavy atom. The van der Waals surface area contributed by atoms with Gasteiger partial charge in [0, 0.05) is 13.1 Å². The molecule has 3 unspecified atom stereocenters. The maximum atomic E-state index is 6.32. The summed E-state index contributed by atoms with van der Waals surface area (Å²) in [5.41, 5.74) is 0. The highest BCUT2D eigenvalue weighted by atomic mass is 32.1. The maximum Gasteiger partial charge on any atom is 0.0747 e. The lowest BCUT2D eigenvalue weighted by atomic mass is 9.61. The molecule has 0 saturated heterocycles. The van der Waals surface area contributed by atoms with Crippen molar-refractivity contribution in [2.24, 2.45) is 5.92 Å². The largest absolute Gasteiger partial charge is 0.366 e. The number of rotatable bonds is 1. The van der Waals surface area contributed by atoms with Gasteiger partial charge in [0.15, 0.2) is 0 Å². The van der Waals surface area contributed by atoms with Gasteiger partial charge in [-0.25, -0.2) is 0 Å². The van der Waals surface area contributed by atoms with Gasteiger partial charge in [0.05, 0.1) is 12.8 Å². The SMILES string of the molecule is [B]C1(C)CCCCC(N(C)C(C)=S)C(C)C1. The monoisotopic (exact) mass is 237 g/mol. The number of nitrogens with zero attached hydrogens (tertiary/aromatic N) is 1. The number of hydrogen-bond acceptors (Lipinski definition) is 1. The normalized spacial score (nSPS) is 36.2. The van der Waals surface area contributed by atoms with Crippen molar-refractivity contribution in [1.82, 2.24) is 4.90 Å². The van der Waals surface area contributed by atoms with Crippen LogP contribution < -0.4 is 0 Å². The van der Waals surface area contributed by atoms with Crippen LogP contribution in [-0.2, 0) is 0 Å². The molecule has 3 atom stereocenters. The van der Waals surface area contributed by atoms with Gasteiger partial charge in [-0.1, -0.05) is 57.1 Å². The van der Waals surface area contributed by atoms with E-state index in [1.54, 1.807) is 0 Å². The third-order valence-corrected chi connectivity index (χ3v) is 4.23. The second kappa shape index (κ2) is 5.53. The molecule has 0 aromatic carbocycles. The Hall–Kier alpha value is -0.0451. The molecule has 1 rings (SSSR count). The third kappa shape index (κ3) is 3.76. The van der Waals surface area contributed by atoms with Crippen LogP contribution >= 0.6 is 12.2 Å². The maximum absolute atomic E-state index is 6.32. The molecule has 16 heavy (non-hydrogen) atoms. The second-order valence-electron chi connectivity index (χ2n) is 5.78. The van der Waals surface area contributed by atoms with E-state index >= 15 is 0 Å². The van der Waals surface area contributed by atoms with Crippen molar-refractivity contribution >= 4 is 25.1 Å². The first-order valence-corrected chi connectivity index (χ1v) is 6.76. The number of thiocarbonyl (C=S) groups is 1. The van der Waals surface area contributed by atoms with Crippen molar-refractivity contribution in [3.63, 3.8) is 0 Å². The quantitative estimate of drug-likeness (QED) is 0.506. The summed E-state index contributed by atoms with van der Waals surface area (Å²) >= 11 is 5.28. The lowest BCUT2D eigenvalue weighted by Gasteiger charge is -2.40. The predicted octanol–water partition coefficient (Wildman–Crippen LogP) is 3.58.